The van der Waals surface area contributed by atoms with Gasteiger partial charge in [-0.25, -0.2) is 14.2 Å². The van der Waals surface area contributed by atoms with Crippen LogP contribution in [0.3, 0.4) is 0 Å². The number of carbonyl (C=O) groups excluding carboxylic acids is 1. The molecule has 0 radical (unpaired) electrons. The number of carbonyl (C=O) groups is 1. The highest BCUT2D eigenvalue weighted by atomic mass is 32.2. The van der Waals surface area contributed by atoms with E-state index in [9.17, 15) is 14.0 Å². The Balaban J connectivity index is 1.97. The lowest BCUT2D eigenvalue weighted by Crippen LogP contribution is -2.16. The molecule has 0 fully saturated rings. The van der Waals surface area contributed by atoms with Gasteiger partial charge in [-0.1, -0.05) is 32.5 Å². The van der Waals surface area contributed by atoms with E-state index in [1.165, 1.54) is 35.2 Å². The maximum atomic E-state index is 14.6. The summed E-state index contributed by atoms with van der Waals surface area (Å²) < 4.78 is 26.9. The number of rotatable bonds is 5. The van der Waals surface area contributed by atoms with Crippen LogP contribution >= 0.6 is 23.1 Å². The van der Waals surface area contributed by atoms with Crippen LogP contribution in [-0.2, 0) is 14.9 Å². The lowest BCUT2D eigenvalue weighted by molar-refractivity contribution is -0.142. The molecule has 0 aliphatic heterocycles. The van der Waals surface area contributed by atoms with Crippen LogP contribution in [0.2, 0.25) is 0 Å². The molecule has 10 heteroatoms. The normalized spacial score (nSPS) is 13.1. The Morgan fingerprint density at radius 2 is 2.14 bits per heavy atom. The predicted molar refractivity (Wildman–Crippen MR) is 106 cm³/mol. The first-order chi connectivity index (χ1) is 13.1. The fourth-order valence-electron chi connectivity index (χ4n) is 2.32. The van der Waals surface area contributed by atoms with Crippen LogP contribution in [0.1, 0.15) is 40.5 Å². The number of esters is 1. The Labute approximate surface area is 168 Å². The number of thiazole rings is 1. The summed E-state index contributed by atoms with van der Waals surface area (Å²) in [6.07, 6.45) is 0. The second kappa shape index (κ2) is 7.67. The first kappa shape index (κ1) is 20.5. The van der Waals surface area contributed by atoms with E-state index in [2.05, 4.69) is 10.1 Å². The van der Waals surface area contributed by atoms with Crippen molar-refractivity contribution in [3.05, 3.63) is 34.4 Å². The topological polar surface area (TPSA) is 87.2 Å². The average molecular weight is 426 g/mol. The van der Waals surface area contributed by atoms with Crippen LogP contribution in [0.4, 0.5) is 4.39 Å². The Morgan fingerprint density at radius 3 is 2.75 bits per heavy atom. The SMILES string of the molecule is CCOC(=O)C(C)Sc1nc2cc(-n3nc(C(C)(C)C)oc3=O)c(F)cc2s1. The molecule has 7 nitrogen and oxygen atoms in total. The molecule has 2 heterocycles. The van der Waals surface area contributed by atoms with E-state index in [4.69, 9.17) is 9.15 Å². The molecule has 0 aliphatic carbocycles. The van der Waals surface area contributed by atoms with E-state index >= 15 is 0 Å². The van der Waals surface area contributed by atoms with Crippen molar-refractivity contribution in [2.24, 2.45) is 0 Å². The Kier molecular flexibility index (Phi) is 5.62. The second-order valence-corrected chi connectivity index (χ2v) is 9.72. The summed E-state index contributed by atoms with van der Waals surface area (Å²) in [5.41, 5.74) is -0.0113. The lowest BCUT2D eigenvalue weighted by Gasteiger charge is -2.10. The highest BCUT2D eigenvalue weighted by Crippen LogP contribution is 2.34. The molecule has 0 saturated carbocycles. The fraction of sp³-hybridized carbons (Fsp3) is 0.444. The van der Waals surface area contributed by atoms with Crippen molar-refractivity contribution in [3.63, 3.8) is 0 Å². The molecular formula is C18H20FN3O4S2. The van der Waals surface area contributed by atoms with Gasteiger partial charge in [0.05, 0.1) is 16.8 Å². The Morgan fingerprint density at radius 1 is 1.43 bits per heavy atom. The van der Waals surface area contributed by atoms with Crippen molar-refractivity contribution in [2.45, 2.75) is 49.6 Å². The molecule has 2 aromatic heterocycles. The average Bonchev–Trinajstić information content (AvgIpc) is 3.16. The number of ether oxygens (including phenoxy) is 1. The smallest absolute Gasteiger partial charge is 0.442 e. The van der Waals surface area contributed by atoms with Crippen LogP contribution in [0, 0.1) is 5.82 Å². The molecule has 3 aromatic rings. The number of hydrogen-bond acceptors (Lipinski definition) is 8. The second-order valence-electron chi connectivity index (χ2n) is 7.10. The molecule has 0 saturated heterocycles. The van der Waals surface area contributed by atoms with Gasteiger partial charge in [0, 0.05) is 5.41 Å². The van der Waals surface area contributed by atoms with Gasteiger partial charge in [0.2, 0.25) is 5.89 Å². The molecule has 3 rings (SSSR count). The van der Waals surface area contributed by atoms with E-state index < -0.39 is 22.2 Å². The van der Waals surface area contributed by atoms with Crippen molar-refractivity contribution in [1.29, 1.82) is 0 Å². The van der Waals surface area contributed by atoms with Gasteiger partial charge in [0.15, 0.2) is 10.2 Å². The molecule has 0 N–H and O–H groups in total. The third kappa shape index (κ3) is 4.12. The number of nitrogens with zero attached hydrogens (tertiary/aromatic N) is 3. The van der Waals surface area contributed by atoms with Crippen molar-refractivity contribution in [3.8, 4) is 5.69 Å². The molecule has 0 aliphatic rings. The van der Waals surface area contributed by atoms with Gasteiger partial charge in [-0.2, -0.15) is 4.68 Å². The van der Waals surface area contributed by atoms with E-state index in [0.29, 0.717) is 21.2 Å². The van der Waals surface area contributed by atoms with Gasteiger partial charge in [-0.3, -0.25) is 4.79 Å². The quantitative estimate of drug-likeness (QED) is 0.452. The summed E-state index contributed by atoms with van der Waals surface area (Å²) in [5.74, 6) is -1.48. The maximum absolute atomic E-state index is 14.6. The van der Waals surface area contributed by atoms with Crippen LogP contribution in [0.5, 0.6) is 0 Å². The Bertz CT molecular complexity index is 1080. The first-order valence-electron chi connectivity index (χ1n) is 8.64. The Hall–Kier alpha value is -2.20. The standard InChI is InChI=1S/C18H20FN3O4S2/c1-6-25-14(23)9(2)27-16-20-11-8-12(10(19)7-13(11)28-16)22-17(24)26-15(21-22)18(3,4)5/h7-9H,6H2,1-5H3. The molecule has 1 unspecified atom stereocenters. The summed E-state index contributed by atoms with van der Waals surface area (Å²) in [7, 11) is 0. The monoisotopic (exact) mass is 425 g/mol. The highest BCUT2D eigenvalue weighted by Gasteiger charge is 2.25. The summed E-state index contributed by atoms with van der Waals surface area (Å²) in [6.45, 7) is 9.31. The van der Waals surface area contributed by atoms with Crippen LogP contribution in [-0.4, -0.2) is 32.6 Å². The molecular weight excluding hydrogens is 405 g/mol. The van der Waals surface area contributed by atoms with Crippen LogP contribution in [0.15, 0.2) is 25.7 Å². The number of benzene rings is 1. The number of aromatic nitrogens is 3. The number of halogens is 1. The van der Waals surface area contributed by atoms with Gasteiger partial charge in [0.1, 0.15) is 10.9 Å². The number of thioether (sulfide) groups is 1. The third-order valence-electron chi connectivity index (χ3n) is 3.75. The summed E-state index contributed by atoms with van der Waals surface area (Å²) in [6, 6.07) is 2.76. The lowest BCUT2D eigenvalue weighted by atomic mass is 9.97. The van der Waals surface area contributed by atoms with Gasteiger partial charge < -0.3 is 9.15 Å². The van der Waals surface area contributed by atoms with Gasteiger partial charge in [-0.05, 0) is 26.0 Å². The molecule has 150 valence electrons. The largest absolute Gasteiger partial charge is 0.465 e. The number of fused-ring (bicyclic) bond motifs is 1. The summed E-state index contributed by atoms with van der Waals surface area (Å²) in [5, 5.41) is 3.69. The van der Waals surface area contributed by atoms with Crippen LogP contribution < -0.4 is 5.76 Å². The minimum absolute atomic E-state index is 0.0305. The van der Waals surface area contributed by atoms with Gasteiger partial charge in [-0.15, -0.1) is 16.4 Å². The zero-order valence-corrected chi connectivity index (χ0v) is 17.7. The highest BCUT2D eigenvalue weighted by molar-refractivity contribution is 8.02. The summed E-state index contributed by atoms with van der Waals surface area (Å²) in [4.78, 5) is 28.4. The third-order valence-corrected chi connectivity index (χ3v) is 5.94. The predicted octanol–water partition coefficient (Wildman–Crippen LogP) is 3.92. The van der Waals surface area contributed by atoms with E-state index in [1.54, 1.807) is 13.8 Å². The molecule has 0 spiro atoms. The summed E-state index contributed by atoms with van der Waals surface area (Å²) >= 11 is 2.51. The zero-order chi connectivity index (χ0) is 20.6. The first-order valence-corrected chi connectivity index (χ1v) is 10.3. The van der Waals surface area contributed by atoms with E-state index in [-0.39, 0.29) is 17.5 Å². The minimum atomic E-state index is -0.760. The van der Waals surface area contributed by atoms with E-state index in [1.807, 2.05) is 20.8 Å². The number of hydrogen-bond donors (Lipinski definition) is 0. The van der Waals surface area contributed by atoms with Gasteiger partial charge >= 0.3 is 11.7 Å². The van der Waals surface area contributed by atoms with Crippen molar-refractivity contribution in [1.82, 2.24) is 14.8 Å². The minimum Gasteiger partial charge on any atom is -0.465 e. The molecule has 0 amide bonds. The van der Waals surface area contributed by atoms with Crippen molar-refractivity contribution < 1.29 is 18.3 Å². The molecule has 0 bridgehead atoms. The van der Waals surface area contributed by atoms with Crippen molar-refractivity contribution in [2.75, 3.05) is 6.61 Å². The zero-order valence-electron chi connectivity index (χ0n) is 16.1. The molecule has 1 atom stereocenters. The van der Waals surface area contributed by atoms with Gasteiger partial charge in [0.25, 0.3) is 0 Å². The molecule has 1 aromatic carbocycles. The van der Waals surface area contributed by atoms with E-state index in [0.717, 1.165) is 4.68 Å². The van der Waals surface area contributed by atoms with Crippen LogP contribution in [0.25, 0.3) is 15.9 Å². The van der Waals surface area contributed by atoms with Crippen molar-refractivity contribution >= 4 is 39.3 Å². The molecule has 28 heavy (non-hydrogen) atoms. The maximum Gasteiger partial charge on any atom is 0.442 e. The fourth-order valence-corrected chi connectivity index (χ4v) is 4.54.